The number of rotatable bonds is 23. The molecule has 6 atom stereocenters. The maximum atomic E-state index is 13.6. The van der Waals surface area contributed by atoms with Crippen LogP contribution in [0.5, 0.6) is 17.2 Å². The second-order valence-corrected chi connectivity index (χ2v) is 26.7. The van der Waals surface area contributed by atoms with Gasteiger partial charge in [0.15, 0.2) is 0 Å². The van der Waals surface area contributed by atoms with Crippen LogP contribution in [0.1, 0.15) is 96.6 Å². The zero-order valence-electron chi connectivity index (χ0n) is 56.7. The Hall–Kier alpha value is -9.79. The topological polar surface area (TPSA) is 273 Å². The standard InChI is InChI=1S/C25H25F2N3O4.2C25H28N4O4/c1-13(2)33-20-7-6-14(10-19(20)23(26)27)25-28-24(29-34-25)17-5-3-4-16-18(17)11-15-12-21(32)30(8-9-31)22(15)16;2*1-28(2)11-13-32-18-8-6-16(7-9-18)25-26-24(27-33-25)20-5-3-4-19-21(20)14-17-15-22(31)29(10-12-30)23(17)19/h3-7,10,13,15,22-23,31H,8-9,11-12H2,1-2H3;2*3-9,17,23,30H,10-15H2,1-2H3/t15-,22+;2*17-,23+/m010/s1. The van der Waals surface area contributed by atoms with E-state index in [2.05, 4.69) is 52.4 Å². The second kappa shape index (κ2) is 30.0. The summed E-state index contributed by atoms with van der Waals surface area (Å²) in [4.78, 5) is 60.5. The molecule has 3 aliphatic heterocycles. The highest BCUT2D eigenvalue weighted by atomic mass is 19.3. The van der Waals surface area contributed by atoms with Crippen LogP contribution >= 0.6 is 0 Å². The summed E-state index contributed by atoms with van der Waals surface area (Å²) in [6.07, 6.45) is 0.818. The van der Waals surface area contributed by atoms with Crippen molar-refractivity contribution in [2.45, 2.75) is 83.0 Å². The number of aromatic nitrogens is 6. The number of β-amino-alcohol motifs (C(OH)–C–C–N with tert-alkyl or cyclic N) is 3. The van der Waals surface area contributed by atoms with Gasteiger partial charge in [-0.15, -0.1) is 0 Å². The number of ether oxygens (including phenoxy) is 3. The number of alkyl halides is 2. The Bertz CT molecular complexity index is 4210. The molecule has 3 saturated heterocycles. The number of carbonyl (C=O) groups excluding carboxylic acids is 3. The third-order valence-corrected chi connectivity index (χ3v) is 19.3. The van der Waals surface area contributed by atoms with E-state index in [1.165, 1.54) is 23.3 Å². The predicted octanol–water partition coefficient (Wildman–Crippen LogP) is 10.1. The van der Waals surface area contributed by atoms with Crippen molar-refractivity contribution in [3.05, 3.63) is 160 Å². The maximum absolute atomic E-state index is 13.6. The van der Waals surface area contributed by atoms with Crippen molar-refractivity contribution in [2.24, 2.45) is 17.8 Å². The zero-order valence-corrected chi connectivity index (χ0v) is 56.7. The molecule has 0 bridgehead atoms. The number of likely N-dealkylation sites (tertiary alicyclic amines) is 3. The van der Waals surface area contributed by atoms with E-state index >= 15 is 0 Å². The second-order valence-electron chi connectivity index (χ2n) is 26.7. The lowest BCUT2D eigenvalue weighted by Crippen LogP contribution is -2.30. The van der Waals surface area contributed by atoms with E-state index in [9.17, 15) is 38.5 Å². The van der Waals surface area contributed by atoms with E-state index in [4.69, 9.17) is 27.8 Å². The molecule has 0 spiro atoms. The van der Waals surface area contributed by atoms with Crippen molar-refractivity contribution in [2.75, 3.05) is 93.9 Å². The number of aliphatic hydroxyl groups excluding tert-OH is 3. The molecular formula is C75H81F2N11O12. The minimum absolute atomic E-state index is 0.0195. The number of hydrogen-bond acceptors (Lipinski definition) is 20. The van der Waals surface area contributed by atoms with Crippen molar-refractivity contribution in [1.82, 2.24) is 54.9 Å². The van der Waals surface area contributed by atoms with Gasteiger partial charge in [-0.1, -0.05) is 70.1 Å². The first-order valence-corrected chi connectivity index (χ1v) is 33.9. The lowest BCUT2D eigenvalue weighted by Gasteiger charge is -2.24. The number of nitrogens with zero attached hydrogens (tertiary/aromatic N) is 11. The number of likely N-dealkylation sites (N-methyl/N-ethyl adjacent to an activating group) is 2. The number of fused-ring (bicyclic) bond motifs is 9. The summed E-state index contributed by atoms with van der Waals surface area (Å²) in [5.74, 6) is 5.14. The maximum Gasteiger partial charge on any atom is 0.267 e. The molecule has 0 saturated carbocycles. The third-order valence-electron chi connectivity index (χ3n) is 19.3. The Morgan fingerprint density at radius 3 is 1.17 bits per heavy atom. The van der Waals surface area contributed by atoms with Gasteiger partial charge < -0.3 is 67.6 Å². The minimum atomic E-state index is -2.71. The molecule has 3 aromatic heterocycles. The number of halogens is 2. The van der Waals surface area contributed by atoms with E-state index in [0.717, 1.165) is 87.5 Å². The summed E-state index contributed by atoms with van der Waals surface area (Å²) < 4.78 is 60.9. The molecule has 3 aliphatic carbocycles. The van der Waals surface area contributed by atoms with Gasteiger partial charge in [0.1, 0.15) is 30.5 Å². The Labute approximate surface area is 577 Å². The molecule has 15 rings (SSSR count). The summed E-state index contributed by atoms with van der Waals surface area (Å²) in [6.45, 7) is 7.40. The Morgan fingerprint density at radius 1 is 0.490 bits per heavy atom. The first-order chi connectivity index (χ1) is 48.5. The zero-order chi connectivity index (χ0) is 69.9. The van der Waals surface area contributed by atoms with E-state index < -0.39 is 6.43 Å². The summed E-state index contributed by atoms with van der Waals surface area (Å²) in [5.41, 5.74) is 11.2. The van der Waals surface area contributed by atoms with Crippen LogP contribution in [0, 0.1) is 17.8 Å². The molecule has 25 heteroatoms. The molecular weight excluding hydrogens is 1280 g/mol. The van der Waals surface area contributed by atoms with Gasteiger partial charge in [-0.2, -0.15) is 15.0 Å². The molecule has 6 heterocycles. The summed E-state index contributed by atoms with van der Waals surface area (Å²) in [6, 6.07) is 37.6. The number of amides is 3. The first kappa shape index (κ1) is 68.7. The molecule has 6 aromatic carbocycles. The van der Waals surface area contributed by atoms with Crippen LogP contribution in [-0.2, 0) is 33.6 Å². The molecule has 0 radical (unpaired) electrons. The number of aliphatic hydroxyl groups is 3. The van der Waals surface area contributed by atoms with Gasteiger partial charge >= 0.3 is 0 Å². The Balaban J connectivity index is 0.000000134. The fourth-order valence-corrected chi connectivity index (χ4v) is 14.9. The summed E-state index contributed by atoms with van der Waals surface area (Å²) in [7, 11) is 8.05. The van der Waals surface area contributed by atoms with Crippen LogP contribution < -0.4 is 14.2 Å². The van der Waals surface area contributed by atoms with E-state index in [0.29, 0.717) is 93.3 Å². The van der Waals surface area contributed by atoms with Gasteiger partial charge in [0.2, 0.25) is 35.2 Å². The SMILES string of the molecule is CC(C)Oc1ccc(-c2nc(-c3cccc4c3C[C@H]3CC(=O)N(CCO)[C@@H]43)no2)cc1C(F)F.CN(C)CCOc1ccc(-c2nc(-c3cccc4c3C[C@@H]3CC(=O)N(CCO)[C@H]43)no2)cc1.CN(C)CCOc1ccc(-c2nc(-c3cccc4c3C[C@H]3CC(=O)N(CCO)[C@@H]43)no2)cc1. The average Bonchev–Trinajstić information content (AvgIpc) is 1.60. The van der Waals surface area contributed by atoms with Gasteiger partial charge in [-0.05, 0) is 179 Å². The number of benzene rings is 6. The average molecular weight is 1370 g/mol. The van der Waals surface area contributed by atoms with E-state index in [-0.39, 0.29) is 96.7 Å². The van der Waals surface area contributed by atoms with Crippen LogP contribution in [0.3, 0.4) is 0 Å². The van der Waals surface area contributed by atoms with Crippen LogP contribution in [0.15, 0.2) is 135 Å². The van der Waals surface area contributed by atoms with Crippen LogP contribution in [-0.4, -0.2) is 188 Å². The molecule has 3 N–H and O–H groups in total. The van der Waals surface area contributed by atoms with Crippen molar-refractivity contribution < 1.29 is 66.3 Å². The largest absolute Gasteiger partial charge is 0.492 e. The molecule has 23 nitrogen and oxygen atoms in total. The highest BCUT2D eigenvalue weighted by molar-refractivity contribution is 5.83. The van der Waals surface area contributed by atoms with Gasteiger partial charge in [-0.25, -0.2) is 8.78 Å². The van der Waals surface area contributed by atoms with E-state index in [1.54, 1.807) is 24.8 Å². The monoisotopic (exact) mass is 1370 g/mol. The fourth-order valence-electron chi connectivity index (χ4n) is 14.9. The number of carbonyl (C=O) groups is 3. The lowest BCUT2D eigenvalue weighted by atomic mass is 10.0. The third kappa shape index (κ3) is 14.2. The minimum Gasteiger partial charge on any atom is -0.492 e. The lowest BCUT2D eigenvalue weighted by molar-refractivity contribution is -0.130. The van der Waals surface area contributed by atoms with Crippen molar-refractivity contribution in [3.8, 4) is 85.8 Å². The molecule has 3 amide bonds. The van der Waals surface area contributed by atoms with Gasteiger partial charge in [0.05, 0.1) is 49.6 Å². The van der Waals surface area contributed by atoms with Crippen LogP contribution in [0.2, 0.25) is 0 Å². The molecule has 6 aliphatic rings. The molecule has 3 fully saturated rings. The van der Waals surface area contributed by atoms with Crippen molar-refractivity contribution in [3.63, 3.8) is 0 Å². The molecule has 522 valence electrons. The highest BCUT2D eigenvalue weighted by Gasteiger charge is 2.49. The summed E-state index contributed by atoms with van der Waals surface area (Å²) >= 11 is 0. The van der Waals surface area contributed by atoms with Gasteiger partial charge in [-0.3, -0.25) is 14.4 Å². The Morgan fingerprint density at radius 2 is 0.840 bits per heavy atom. The molecule has 9 aromatic rings. The fraction of sp³-hybridized carbons (Fsp3) is 0.400. The van der Waals surface area contributed by atoms with Crippen molar-refractivity contribution in [1.29, 1.82) is 0 Å². The molecule has 100 heavy (non-hydrogen) atoms. The predicted molar refractivity (Wildman–Crippen MR) is 364 cm³/mol. The number of hydrogen-bond donors (Lipinski definition) is 3. The highest BCUT2D eigenvalue weighted by Crippen LogP contribution is 2.52. The quantitative estimate of drug-likeness (QED) is 0.0537. The first-order valence-electron chi connectivity index (χ1n) is 33.9. The summed E-state index contributed by atoms with van der Waals surface area (Å²) in [5, 5.41) is 40.8. The smallest absolute Gasteiger partial charge is 0.267 e. The van der Waals surface area contributed by atoms with Crippen LogP contribution in [0.4, 0.5) is 8.78 Å². The van der Waals surface area contributed by atoms with Crippen LogP contribution in [0.25, 0.3) is 68.5 Å². The van der Waals surface area contributed by atoms with Gasteiger partial charge in [0, 0.05) is 85.4 Å². The molecule has 0 unspecified atom stereocenters. The van der Waals surface area contributed by atoms with Gasteiger partial charge in [0.25, 0.3) is 24.1 Å². The normalized spacial score (nSPS) is 19.3. The Kier molecular flexibility index (Phi) is 20.6. The van der Waals surface area contributed by atoms with Crippen molar-refractivity contribution >= 4 is 17.7 Å². The van der Waals surface area contributed by atoms with E-state index in [1.807, 2.05) is 129 Å².